The van der Waals surface area contributed by atoms with Crippen LogP contribution in [-0.4, -0.2) is 77.5 Å². The van der Waals surface area contributed by atoms with Gasteiger partial charge in [-0.15, -0.1) is 0 Å². The fourth-order valence-electron chi connectivity index (χ4n) is 21.3. The average Bonchev–Trinajstić information content (AvgIpc) is 3.85. The Balaban J connectivity index is 0.778. The average molecular weight is 977 g/mol. The Morgan fingerprint density at radius 1 is 0.783 bits per heavy atom. The SMILES string of the molecule is C[C@@H]([C@H]1CCC2C3=C(CC[C@@]21C)[C@]12CCC(O)(OC1)C(C)(C)C2[C@@H](OS(=O)(=O)O)C3)[C@H]1C[C@@H]2C[C@@](C)(OC2(C)C)[C@H](CC[C@@H](C)[C@H]2CCC3C4=C(CC[C@@]32C)[C@]23CCC(O)(OC2)C(C)(C)C3=CC4)O1. The Hall–Kier alpha value is -1.15. The molecule has 2 spiro atoms. The topological polar surface area (TPSA) is 141 Å². The number of hydrogen-bond donors (Lipinski definition) is 3. The summed E-state index contributed by atoms with van der Waals surface area (Å²) in [6.45, 7) is 26.6. The highest BCUT2D eigenvalue weighted by Crippen LogP contribution is 2.74. The van der Waals surface area contributed by atoms with Crippen LogP contribution < -0.4 is 0 Å². The molecule has 11 heteroatoms. The lowest BCUT2D eigenvalue weighted by atomic mass is 9.42. The van der Waals surface area contributed by atoms with Crippen molar-refractivity contribution in [3.8, 4) is 0 Å². The van der Waals surface area contributed by atoms with Gasteiger partial charge in [-0.2, -0.15) is 8.42 Å². The molecule has 386 valence electrons. The molecule has 6 heterocycles. The Labute approximate surface area is 414 Å². The molecule has 0 amide bonds. The molecule has 8 aliphatic carbocycles. The third kappa shape index (κ3) is 6.45. The van der Waals surface area contributed by atoms with Gasteiger partial charge in [0.1, 0.15) is 0 Å². The van der Waals surface area contributed by atoms with Crippen molar-refractivity contribution in [2.75, 3.05) is 13.2 Å². The van der Waals surface area contributed by atoms with E-state index in [1.165, 1.54) is 36.0 Å². The molecule has 6 aliphatic heterocycles. The maximum atomic E-state index is 12.6. The van der Waals surface area contributed by atoms with E-state index in [1.807, 2.05) is 13.8 Å². The summed E-state index contributed by atoms with van der Waals surface area (Å²) in [6.07, 6.45) is 19.7. The van der Waals surface area contributed by atoms with Gasteiger partial charge in [-0.1, -0.05) is 89.3 Å². The van der Waals surface area contributed by atoms with Crippen LogP contribution in [0.1, 0.15) is 192 Å². The van der Waals surface area contributed by atoms with Crippen LogP contribution in [0.3, 0.4) is 0 Å². The molecule has 0 aromatic heterocycles. The van der Waals surface area contributed by atoms with Gasteiger partial charge in [-0.3, -0.25) is 4.55 Å². The summed E-state index contributed by atoms with van der Waals surface area (Å²) < 4.78 is 68.5. The lowest BCUT2D eigenvalue weighted by Gasteiger charge is -2.68. The van der Waals surface area contributed by atoms with Gasteiger partial charge in [0.15, 0.2) is 11.6 Å². The molecule has 0 radical (unpaired) electrons. The summed E-state index contributed by atoms with van der Waals surface area (Å²) in [5.41, 5.74) is 5.82. The first-order valence-corrected chi connectivity index (χ1v) is 29.3. The van der Waals surface area contributed by atoms with Crippen molar-refractivity contribution in [1.29, 1.82) is 0 Å². The number of ether oxygens (including phenoxy) is 4. The minimum absolute atomic E-state index is 0.0130. The van der Waals surface area contributed by atoms with Gasteiger partial charge < -0.3 is 29.2 Å². The highest BCUT2D eigenvalue weighted by Gasteiger charge is 2.72. The van der Waals surface area contributed by atoms with Crippen molar-refractivity contribution in [1.82, 2.24) is 0 Å². The monoisotopic (exact) mass is 977 g/mol. The zero-order chi connectivity index (χ0) is 49.1. The molecule has 4 saturated carbocycles. The summed E-state index contributed by atoms with van der Waals surface area (Å²) in [4.78, 5) is 0. The number of rotatable bonds is 8. The van der Waals surface area contributed by atoms with Gasteiger partial charge in [-0.25, -0.2) is 4.18 Å². The van der Waals surface area contributed by atoms with Crippen LogP contribution in [0.15, 0.2) is 33.9 Å². The van der Waals surface area contributed by atoms with Crippen molar-refractivity contribution in [3.05, 3.63) is 33.9 Å². The molecule has 18 atom stereocenters. The fourth-order valence-corrected chi connectivity index (χ4v) is 21.8. The molecule has 5 unspecified atom stereocenters. The number of aliphatic hydroxyl groups is 2. The lowest BCUT2D eigenvalue weighted by Crippen LogP contribution is -2.71. The van der Waals surface area contributed by atoms with Crippen molar-refractivity contribution in [2.24, 2.45) is 79.8 Å². The molecular formula is C58H88O10S. The van der Waals surface area contributed by atoms with Gasteiger partial charge >= 0.3 is 10.4 Å². The second-order valence-corrected chi connectivity index (χ2v) is 29.6. The smallest absolute Gasteiger partial charge is 0.372 e. The second-order valence-electron chi connectivity index (χ2n) is 28.5. The number of allylic oxidation sites excluding steroid dienone is 2. The first kappa shape index (κ1) is 48.8. The van der Waals surface area contributed by atoms with Crippen LogP contribution in [0.5, 0.6) is 0 Å². The van der Waals surface area contributed by atoms with Crippen molar-refractivity contribution < 1.29 is 46.3 Å². The number of fused-ring (bicyclic) bond motifs is 10. The summed E-state index contributed by atoms with van der Waals surface area (Å²) in [6, 6.07) is 0. The summed E-state index contributed by atoms with van der Waals surface area (Å²) in [5.74, 6) is 0.650. The van der Waals surface area contributed by atoms with E-state index in [0.29, 0.717) is 67.5 Å². The summed E-state index contributed by atoms with van der Waals surface area (Å²) >= 11 is 0. The molecular weight excluding hydrogens is 889 g/mol. The zero-order valence-corrected chi connectivity index (χ0v) is 45.0. The summed E-state index contributed by atoms with van der Waals surface area (Å²) in [7, 11) is -4.73. The second kappa shape index (κ2) is 15.0. The number of hydrogen-bond acceptors (Lipinski definition) is 9. The van der Waals surface area contributed by atoms with Gasteiger partial charge in [-0.05, 0) is 176 Å². The molecule has 14 rings (SSSR count). The normalized spacial score (nSPS) is 51.7. The maximum absolute atomic E-state index is 12.6. The molecule has 6 bridgehead atoms. The Bertz CT molecular complexity index is 2360. The first-order valence-electron chi connectivity index (χ1n) is 28.0. The third-order valence-electron chi connectivity index (χ3n) is 24.9. The standard InChI is InChI=1S/C58H88O10S/c1-33(38-14-16-40-36-13-18-46-49(3,4)57(59)26-24-55(46,31-64-57)42(36)20-22-52(38,40)9)12-19-47-54(11)30-35(51(7,8)68-54)28-44(66-47)34(2)39-15-17-41-37-29-45(67-69(61,62)63)48-50(5,6)58(60)27-25-56(48,32-65-58)43(37)21-23-53(39,41)10/h18,33-35,38-41,44-45,47-48,59-60H,12-17,19-32H2,1-11H3,(H,61,62,63)/t33-,34+,35-,38-,39-,40?,41?,44-,45+,47+,48?,52-,53-,54-,55+,56+,57?,58?/m1/s1. The van der Waals surface area contributed by atoms with E-state index in [0.717, 1.165) is 83.5 Å². The highest BCUT2D eigenvalue weighted by molar-refractivity contribution is 7.80. The Morgan fingerprint density at radius 3 is 2.10 bits per heavy atom. The van der Waals surface area contributed by atoms with Crippen LogP contribution in [0, 0.1) is 79.8 Å². The van der Waals surface area contributed by atoms with Gasteiger partial charge in [0.05, 0.1) is 42.7 Å². The predicted molar refractivity (Wildman–Crippen MR) is 264 cm³/mol. The van der Waals surface area contributed by atoms with Gasteiger partial charge in [0, 0.05) is 40.4 Å². The molecule has 10 fully saturated rings. The van der Waals surface area contributed by atoms with Crippen LogP contribution >= 0.6 is 0 Å². The van der Waals surface area contributed by atoms with Crippen LogP contribution in [0.2, 0.25) is 0 Å². The molecule has 0 aromatic rings. The van der Waals surface area contributed by atoms with Crippen molar-refractivity contribution in [3.63, 3.8) is 0 Å². The van der Waals surface area contributed by atoms with Gasteiger partial charge in [0.25, 0.3) is 0 Å². The van der Waals surface area contributed by atoms with Gasteiger partial charge in [0.2, 0.25) is 0 Å². The van der Waals surface area contributed by atoms with E-state index in [2.05, 4.69) is 68.4 Å². The van der Waals surface area contributed by atoms with Crippen LogP contribution in [0.25, 0.3) is 0 Å². The highest BCUT2D eigenvalue weighted by atomic mass is 32.3. The fraction of sp³-hybridized carbons (Fsp3) is 0.897. The largest absolute Gasteiger partial charge is 0.397 e. The zero-order valence-electron chi connectivity index (χ0n) is 44.2. The third-order valence-corrected chi connectivity index (χ3v) is 25.4. The van der Waals surface area contributed by atoms with E-state index in [1.54, 1.807) is 11.1 Å². The molecule has 10 nitrogen and oxygen atoms in total. The van der Waals surface area contributed by atoms with E-state index in [-0.39, 0.29) is 51.0 Å². The molecule has 14 aliphatic rings. The van der Waals surface area contributed by atoms with E-state index in [4.69, 9.17) is 23.1 Å². The predicted octanol–water partition coefficient (Wildman–Crippen LogP) is 11.6. The Morgan fingerprint density at radius 2 is 1.43 bits per heavy atom. The Kier molecular flexibility index (Phi) is 10.6. The van der Waals surface area contributed by atoms with Crippen molar-refractivity contribution in [2.45, 2.75) is 233 Å². The van der Waals surface area contributed by atoms with E-state index < -0.39 is 38.9 Å². The quantitative estimate of drug-likeness (QED) is 0.159. The maximum Gasteiger partial charge on any atom is 0.397 e. The first-order chi connectivity index (χ1) is 32.1. The summed E-state index contributed by atoms with van der Waals surface area (Å²) in [5, 5.41) is 23.3. The van der Waals surface area contributed by atoms with Crippen LogP contribution in [0.4, 0.5) is 0 Å². The van der Waals surface area contributed by atoms with Crippen LogP contribution in [-0.2, 0) is 33.5 Å². The minimum Gasteiger partial charge on any atom is -0.372 e. The molecule has 6 saturated heterocycles. The molecule has 0 aromatic carbocycles. The van der Waals surface area contributed by atoms with E-state index in [9.17, 15) is 23.2 Å². The van der Waals surface area contributed by atoms with E-state index >= 15 is 0 Å². The molecule has 69 heavy (non-hydrogen) atoms. The molecule has 3 N–H and O–H groups in total. The lowest BCUT2D eigenvalue weighted by molar-refractivity contribution is -0.375. The minimum atomic E-state index is -4.73. The van der Waals surface area contributed by atoms with Crippen molar-refractivity contribution >= 4 is 10.4 Å².